The van der Waals surface area contributed by atoms with Crippen LogP contribution in [0.4, 0.5) is 5.69 Å². The van der Waals surface area contributed by atoms with Crippen LogP contribution in [0.25, 0.3) is 0 Å². The second-order valence-electron chi connectivity index (χ2n) is 11.4. The molecule has 0 saturated carbocycles. The Bertz CT molecular complexity index is 945. The molecule has 0 radical (unpaired) electrons. The zero-order valence-corrected chi connectivity index (χ0v) is 23.8. The monoisotopic (exact) mass is 502 g/mol. The zero-order valence-electron chi connectivity index (χ0n) is 23.8. The van der Waals surface area contributed by atoms with E-state index in [2.05, 4.69) is 16.0 Å². The summed E-state index contributed by atoms with van der Waals surface area (Å²) in [4.78, 5) is 40.3. The van der Waals surface area contributed by atoms with Gasteiger partial charge in [0.15, 0.2) is 0 Å². The molecule has 0 heterocycles. The summed E-state index contributed by atoms with van der Waals surface area (Å²) in [5.41, 5.74) is 0.996. The lowest BCUT2D eigenvalue weighted by Crippen LogP contribution is -2.61. The van der Waals surface area contributed by atoms with Crippen LogP contribution in [0.2, 0.25) is 0 Å². The molecular formula is C28H46N4O4. The predicted molar refractivity (Wildman–Crippen MR) is 146 cm³/mol. The van der Waals surface area contributed by atoms with E-state index >= 15 is 0 Å². The molecule has 0 fully saturated rings. The van der Waals surface area contributed by atoms with E-state index in [0.717, 1.165) is 11.3 Å². The van der Waals surface area contributed by atoms with Crippen LogP contribution in [0.5, 0.6) is 0 Å². The lowest BCUT2D eigenvalue weighted by atomic mass is 9.76. The Hall–Kier alpha value is -2.87. The molecular weight excluding hydrogens is 456 g/mol. The number of amides is 2. The number of rotatable bonds is 11. The van der Waals surface area contributed by atoms with Gasteiger partial charge in [-0.2, -0.15) is 0 Å². The number of nitrogens with one attached hydrogen (secondary N) is 3. The molecule has 0 bridgehead atoms. The minimum Gasteiger partial charge on any atom is -0.478 e. The van der Waals surface area contributed by atoms with E-state index in [-0.39, 0.29) is 23.3 Å². The maximum atomic E-state index is 13.7. The van der Waals surface area contributed by atoms with Crippen LogP contribution in [0.3, 0.4) is 0 Å². The predicted octanol–water partition coefficient (Wildman–Crippen LogP) is 3.64. The van der Waals surface area contributed by atoms with Crippen molar-refractivity contribution in [1.29, 1.82) is 0 Å². The number of anilines is 1. The number of hydrogen-bond acceptors (Lipinski definition) is 5. The van der Waals surface area contributed by atoms with Crippen molar-refractivity contribution < 1.29 is 19.5 Å². The van der Waals surface area contributed by atoms with Crippen molar-refractivity contribution >= 4 is 23.5 Å². The summed E-state index contributed by atoms with van der Waals surface area (Å²) in [5.74, 6) is -1.59. The quantitative estimate of drug-likeness (QED) is 0.344. The van der Waals surface area contributed by atoms with Crippen molar-refractivity contribution in [2.24, 2.45) is 11.3 Å². The second kappa shape index (κ2) is 12.4. The lowest BCUT2D eigenvalue weighted by molar-refractivity contribution is -0.141. The zero-order chi connectivity index (χ0) is 28.0. The van der Waals surface area contributed by atoms with E-state index in [1.807, 2.05) is 79.8 Å². The maximum absolute atomic E-state index is 13.7. The van der Waals surface area contributed by atoms with Gasteiger partial charge in [0, 0.05) is 30.8 Å². The first-order valence-electron chi connectivity index (χ1n) is 12.4. The SMILES string of the molecule is CNc1ccc(C(C)(C)[C@@H](NC)C(=O)N[C@H](C(=O)N(C)[C@H](/C=C(\C)C(=O)O)C(C)C)C(C)(C)C)cc1. The Morgan fingerprint density at radius 1 is 0.972 bits per heavy atom. The molecule has 0 spiro atoms. The fourth-order valence-electron chi connectivity index (χ4n) is 4.36. The number of hydrogen-bond donors (Lipinski definition) is 4. The highest BCUT2D eigenvalue weighted by Crippen LogP contribution is 2.30. The molecule has 8 heteroatoms. The first-order valence-corrected chi connectivity index (χ1v) is 12.4. The van der Waals surface area contributed by atoms with E-state index in [1.54, 1.807) is 25.1 Å². The molecule has 0 unspecified atom stereocenters. The molecule has 2 amide bonds. The molecule has 1 aromatic rings. The fraction of sp³-hybridized carbons (Fsp3) is 0.607. The summed E-state index contributed by atoms with van der Waals surface area (Å²) < 4.78 is 0. The van der Waals surface area contributed by atoms with Crippen molar-refractivity contribution in [1.82, 2.24) is 15.5 Å². The first-order chi connectivity index (χ1) is 16.5. The number of carboxylic acids is 1. The highest BCUT2D eigenvalue weighted by atomic mass is 16.4. The number of carboxylic acid groups (broad SMARTS) is 1. The molecule has 0 aliphatic heterocycles. The molecule has 0 aliphatic rings. The van der Waals surface area contributed by atoms with Crippen molar-refractivity contribution in [2.75, 3.05) is 26.5 Å². The molecule has 0 aliphatic carbocycles. The minimum atomic E-state index is -1.02. The average molecular weight is 503 g/mol. The molecule has 1 rings (SSSR count). The highest BCUT2D eigenvalue weighted by molar-refractivity contribution is 5.91. The van der Waals surface area contributed by atoms with E-state index < -0.39 is 34.9 Å². The molecule has 1 aromatic carbocycles. The van der Waals surface area contributed by atoms with Gasteiger partial charge in [0.25, 0.3) is 0 Å². The standard InChI is InChI=1S/C28H46N4O4/c1-17(2)21(16-18(3)26(35)36)32(11)25(34)23(27(4,5)6)31-24(33)22(30-10)28(7,8)19-12-14-20(29-9)15-13-19/h12-17,21-23,29-30H,1-11H3,(H,31,33)(H,35,36)/b18-16+/t21-,22+,23-/m1/s1. The first kappa shape index (κ1) is 31.2. The Balaban J connectivity index is 3.30. The molecule has 4 N–H and O–H groups in total. The van der Waals surface area contributed by atoms with E-state index in [1.165, 1.54) is 6.92 Å². The smallest absolute Gasteiger partial charge is 0.331 e. The van der Waals surface area contributed by atoms with Crippen molar-refractivity contribution in [3.63, 3.8) is 0 Å². The summed E-state index contributed by atoms with van der Waals surface area (Å²) in [6.45, 7) is 15.1. The average Bonchev–Trinajstić information content (AvgIpc) is 2.79. The lowest BCUT2D eigenvalue weighted by Gasteiger charge is -2.40. The van der Waals surface area contributed by atoms with Gasteiger partial charge in [-0.25, -0.2) is 4.79 Å². The summed E-state index contributed by atoms with van der Waals surface area (Å²) in [7, 11) is 5.25. The van der Waals surface area contributed by atoms with Crippen molar-refractivity contribution in [3.05, 3.63) is 41.5 Å². The van der Waals surface area contributed by atoms with Gasteiger partial charge in [-0.15, -0.1) is 0 Å². The van der Waals surface area contributed by atoms with Crippen molar-refractivity contribution in [2.45, 2.75) is 78.9 Å². The molecule has 202 valence electrons. The van der Waals surface area contributed by atoms with Crippen LogP contribution in [-0.2, 0) is 19.8 Å². The minimum absolute atomic E-state index is 0.0193. The number of likely N-dealkylation sites (N-methyl/N-ethyl adjacent to an activating group) is 2. The third-order valence-electron chi connectivity index (χ3n) is 6.83. The molecule has 0 aromatic heterocycles. The number of nitrogens with zero attached hydrogens (tertiary/aromatic N) is 1. The van der Waals surface area contributed by atoms with Crippen LogP contribution >= 0.6 is 0 Å². The number of aliphatic carboxylic acids is 1. The van der Waals surface area contributed by atoms with Gasteiger partial charge in [-0.05, 0) is 43.0 Å². The summed E-state index contributed by atoms with van der Waals surface area (Å²) in [6, 6.07) is 6.08. The van der Waals surface area contributed by atoms with E-state index in [9.17, 15) is 19.5 Å². The van der Waals surface area contributed by atoms with Crippen LogP contribution in [-0.4, -0.2) is 67.1 Å². The van der Waals surface area contributed by atoms with Gasteiger partial charge >= 0.3 is 5.97 Å². The topological polar surface area (TPSA) is 111 Å². The van der Waals surface area contributed by atoms with Gasteiger partial charge in [-0.1, -0.05) is 66.7 Å². The summed E-state index contributed by atoms with van der Waals surface area (Å²) >= 11 is 0. The summed E-state index contributed by atoms with van der Waals surface area (Å²) in [6.07, 6.45) is 1.60. The number of benzene rings is 1. The second-order valence-corrected chi connectivity index (χ2v) is 11.4. The van der Waals surface area contributed by atoms with Crippen LogP contribution in [0.1, 0.15) is 61.0 Å². The molecule has 8 nitrogen and oxygen atoms in total. The molecule has 3 atom stereocenters. The van der Waals surface area contributed by atoms with E-state index in [0.29, 0.717) is 0 Å². The normalized spacial score (nSPS) is 15.2. The van der Waals surface area contributed by atoms with Gasteiger partial charge in [0.05, 0.1) is 12.1 Å². The number of carbonyl (C=O) groups excluding carboxylic acids is 2. The van der Waals surface area contributed by atoms with Gasteiger partial charge in [0.2, 0.25) is 11.8 Å². The Morgan fingerprint density at radius 2 is 1.50 bits per heavy atom. The van der Waals surface area contributed by atoms with Crippen LogP contribution in [0.15, 0.2) is 35.9 Å². The fourth-order valence-corrected chi connectivity index (χ4v) is 4.36. The summed E-state index contributed by atoms with van der Waals surface area (Å²) in [5, 5.41) is 18.6. The van der Waals surface area contributed by atoms with E-state index in [4.69, 9.17) is 0 Å². The third-order valence-corrected chi connectivity index (χ3v) is 6.83. The van der Waals surface area contributed by atoms with Gasteiger partial charge in [-0.3, -0.25) is 9.59 Å². The molecule has 36 heavy (non-hydrogen) atoms. The Labute approximate surface area is 216 Å². The van der Waals surface area contributed by atoms with Crippen molar-refractivity contribution in [3.8, 4) is 0 Å². The third kappa shape index (κ3) is 7.56. The largest absolute Gasteiger partial charge is 0.478 e. The van der Waals surface area contributed by atoms with Gasteiger partial charge < -0.3 is 26.0 Å². The Morgan fingerprint density at radius 3 is 1.89 bits per heavy atom. The number of carbonyl (C=O) groups is 3. The highest BCUT2D eigenvalue weighted by Gasteiger charge is 2.41. The molecule has 0 saturated heterocycles. The van der Waals surface area contributed by atoms with Crippen LogP contribution < -0.4 is 16.0 Å². The van der Waals surface area contributed by atoms with Gasteiger partial charge in [0.1, 0.15) is 6.04 Å². The maximum Gasteiger partial charge on any atom is 0.331 e. The Kier molecular flexibility index (Phi) is 10.7. The van der Waals surface area contributed by atoms with Crippen LogP contribution in [0, 0.1) is 11.3 Å².